The second-order valence-electron chi connectivity index (χ2n) is 0.842. The monoisotopic (exact) mass is 352 g/mol. The average molecular weight is 356 g/mol. The van der Waals surface area contributed by atoms with Crippen molar-refractivity contribution in [3.8, 4) is 0 Å². The minimum atomic E-state index is -1.77. The van der Waals surface area contributed by atoms with Crippen molar-refractivity contribution in [3.63, 3.8) is 0 Å². The van der Waals surface area contributed by atoms with Gasteiger partial charge in [-0.15, -0.1) is 0 Å². The second kappa shape index (κ2) is 3.58. The molecule has 0 amide bonds. The minimum absolute atomic E-state index is 0.368. The Bertz CT molecular complexity index is 58.4. The van der Waals surface area contributed by atoms with Crippen molar-refractivity contribution in [2.24, 2.45) is 0 Å². The molecule has 0 nitrogen and oxygen atoms in total. The standard InChI is InChI=1S/CH2Br3Cl2P/c2-7(3,4)1(5)6/h1,7H. The molecular formula is CH2Br3Cl2P. The summed E-state index contributed by atoms with van der Waals surface area (Å²) in [7, 11) is 0. The third-order valence-electron chi connectivity index (χ3n) is 0.247. The van der Waals surface area contributed by atoms with Gasteiger partial charge in [0.05, 0.1) is 0 Å². The van der Waals surface area contributed by atoms with E-state index in [0.717, 1.165) is 0 Å². The van der Waals surface area contributed by atoms with Gasteiger partial charge in [0.2, 0.25) is 0 Å². The summed E-state index contributed by atoms with van der Waals surface area (Å²) in [4.78, 5) is 0. The number of hydrogen-bond donors (Lipinski definition) is 0. The zero-order chi connectivity index (χ0) is 6.08. The van der Waals surface area contributed by atoms with Crippen molar-refractivity contribution >= 4 is 73.0 Å². The first-order chi connectivity index (χ1) is 2.94. The van der Waals surface area contributed by atoms with E-state index in [2.05, 4.69) is 46.5 Å². The summed E-state index contributed by atoms with van der Waals surface area (Å²) in [6.07, 6.45) is 0. The van der Waals surface area contributed by atoms with Crippen molar-refractivity contribution in [1.29, 1.82) is 0 Å². The summed E-state index contributed by atoms with van der Waals surface area (Å²) in [6, 6.07) is 0. The van der Waals surface area contributed by atoms with Gasteiger partial charge in [-0.2, -0.15) is 0 Å². The normalized spacial score (nSPS) is 15.1. The van der Waals surface area contributed by atoms with E-state index in [1.165, 1.54) is 0 Å². The molecule has 0 aromatic rings. The second-order valence-corrected chi connectivity index (χ2v) is 25.2. The van der Waals surface area contributed by atoms with Crippen molar-refractivity contribution in [2.45, 2.75) is 4.58 Å². The summed E-state index contributed by atoms with van der Waals surface area (Å²) < 4.78 is -2.13. The van der Waals surface area contributed by atoms with Gasteiger partial charge in [0.25, 0.3) is 0 Å². The molecule has 0 fully saturated rings. The molecule has 0 spiro atoms. The average Bonchev–Trinajstić information content (AvgIpc) is 1.31. The first-order valence-electron chi connectivity index (χ1n) is 1.29. The summed E-state index contributed by atoms with van der Waals surface area (Å²) >= 11 is 20.6. The SMILES string of the molecule is ClC(Cl)[PH](Br)(Br)Br. The summed E-state index contributed by atoms with van der Waals surface area (Å²) in [5.41, 5.74) is 0. The van der Waals surface area contributed by atoms with E-state index in [1.807, 2.05) is 0 Å². The van der Waals surface area contributed by atoms with Crippen molar-refractivity contribution in [2.75, 3.05) is 0 Å². The Morgan fingerprint density at radius 1 is 1.14 bits per heavy atom. The Balaban J connectivity index is 3.54. The van der Waals surface area contributed by atoms with Crippen molar-refractivity contribution < 1.29 is 0 Å². The van der Waals surface area contributed by atoms with Crippen LogP contribution in [0.4, 0.5) is 0 Å². The quantitative estimate of drug-likeness (QED) is 0.482. The van der Waals surface area contributed by atoms with E-state index in [0.29, 0.717) is 0 Å². The third kappa shape index (κ3) is 4.92. The molecule has 0 radical (unpaired) electrons. The molecule has 0 aliphatic heterocycles. The van der Waals surface area contributed by atoms with E-state index in [-0.39, 0.29) is 4.58 Å². The fraction of sp³-hybridized carbons (Fsp3) is 1.00. The fourth-order valence-corrected chi connectivity index (χ4v) is 0. The maximum absolute atomic E-state index is 5.44. The third-order valence-corrected chi connectivity index (χ3v) is 11.6. The molecular weight excluding hydrogens is 354 g/mol. The number of hydrogen-bond acceptors (Lipinski definition) is 0. The Kier molecular flexibility index (Phi) is 4.83. The van der Waals surface area contributed by atoms with Crippen molar-refractivity contribution in [1.82, 2.24) is 0 Å². The molecule has 0 atom stereocenters. The Hall–Kier alpha value is 2.45. The first kappa shape index (κ1) is 9.45. The van der Waals surface area contributed by atoms with Gasteiger partial charge in [-0.3, -0.25) is 0 Å². The van der Waals surface area contributed by atoms with Gasteiger partial charge < -0.3 is 0 Å². The van der Waals surface area contributed by atoms with Crippen molar-refractivity contribution in [3.05, 3.63) is 0 Å². The van der Waals surface area contributed by atoms with Crippen LogP contribution in [0, 0.1) is 0 Å². The van der Waals surface area contributed by atoms with Gasteiger partial charge in [0.15, 0.2) is 0 Å². The van der Waals surface area contributed by atoms with Gasteiger partial charge in [0.1, 0.15) is 0 Å². The van der Waals surface area contributed by atoms with Crippen LogP contribution in [-0.4, -0.2) is 4.58 Å². The predicted molar refractivity (Wildman–Crippen MR) is 50.6 cm³/mol. The number of halogens is 5. The molecule has 6 heteroatoms. The molecule has 7 heavy (non-hydrogen) atoms. The zero-order valence-electron chi connectivity index (χ0n) is 2.97. The molecule has 0 heterocycles. The topological polar surface area (TPSA) is 0 Å². The molecule has 0 aliphatic rings. The molecule has 0 unspecified atom stereocenters. The van der Waals surface area contributed by atoms with Gasteiger partial charge in [-0.1, -0.05) is 0 Å². The molecule has 0 aliphatic carbocycles. The van der Waals surface area contributed by atoms with E-state index >= 15 is 0 Å². The fourth-order valence-electron chi connectivity index (χ4n) is 0. The maximum atomic E-state index is 5.44. The van der Waals surface area contributed by atoms with Crippen LogP contribution in [0.1, 0.15) is 0 Å². The Morgan fingerprint density at radius 3 is 1.29 bits per heavy atom. The van der Waals surface area contributed by atoms with Crippen LogP contribution in [0.15, 0.2) is 0 Å². The predicted octanol–water partition coefficient (Wildman–Crippen LogP) is 4.43. The van der Waals surface area contributed by atoms with E-state index < -0.39 is 3.37 Å². The molecule has 0 rings (SSSR count). The number of alkyl halides is 2. The molecule has 0 saturated carbocycles. The zero-order valence-corrected chi connectivity index (χ0v) is 10.2. The van der Waals surface area contributed by atoms with Crippen LogP contribution < -0.4 is 0 Å². The van der Waals surface area contributed by atoms with Crippen LogP contribution in [-0.2, 0) is 0 Å². The van der Waals surface area contributed by atoms with Gasteiger partial charge in [0, 0.05) is 0 Å². The van der Waals surface area contributed by atoms with Crippen LogP contribution in [0.3, 0.4) is 0 Å². The van der Waals surface area contributed by atoms with Crippen LogP contribution >= 0.6 is 73.0 Å². The van der Waals surface area contributed by atoms with Crippen LogP contribution in [0.2, 0.25) is 0 Å². The van der Waals surface area contributed by atoms with E-state index in [4.69, 9.17) is 23.2 Å². The van der Waals surface area contributed by atoms with Crippen LogP contribution in [0.25, 0.3) is 0 Å². The molecule has 46 valence electrons. The van der Waals surface area contributed by atoms with E-state index in [9.17, 15) is 0 Å². The Labute approximate surface area is 76.9 Å². The molecule has 0 bridgehead atoms. The summed E-state index contributed by atoms with van der Waals surface area (Å²) in [6.45, 7) is 0. The van der Waals surface area contributed by atoms with Gasteiger partial charge in [-0.25, -0.2) is 0 Å². The Morgan fingerprint density at radius 2 is 1.29 bits per heavy atom. The first-order valence-corrected chi connectivity index (χ1v) is 11.0. The van der Waals surface area contributed by atoms with E-state index in [1.54, 1.807) is 0 Å². The van der Waals surface area contributed by atoms with Gasteiger partial charge >= 0.3 is 77.6 Å². The molecule has 0 aromatic heterocycles. The summed E-state index contributed by atoms with van der Waals surface area (Å²) in [5.74, 6) is 0. The van der Waals surface area contributed by atoms with Gasteiger partial charge in [-0.05, 0) is 0 Å². The molecule has 0 aromatic carbocycles. The van der Waals surface area contributed by atoms with Crippen LogP contribution in [0.5, 0.6) is 0 Å². The number of rotatable bonds is 1. The molecule has 0 N–H and O–H groups in total. The summed E-state index contributed by atoms with van der Waals surface area (Å²) in [5, 5.41) is 0. The molecule has 0 saturated heterocycles.